The Balaban J connectivity index is 1.41. The second kappa shape index (κ2) is 5.56. The fourth-order valence-electron chi connectivity index (χ4n) is 4.06. The lowest BCUT2D eigenvalue weighted by atomic mass is 9.71. The van der Waals surface area contributed by atoms with Gasteiger partial charge < -0.3 is 5.32 Å². The molecule has 2 saturated carbocycles. The molecule has 0 bridgehead atoms. The van der Waals surface area contributed by atoms with E-state index in [0.717, 1.165) is 18.4 Å². The quantitative estimate of drug-likeness (QED) is 0.902. The number of nitrogens with one attached hydrogen (secondary N) is 1. The topological polar surface area (TPSA) is 66.5 Å². The van der Waals surface area contributed by atoms with Crippen molar-refractivity contribution in [3.05, 3.63) is 29.8 Å². The summed E-state index contributed by atoms with van der Waals surface area (Å²) in [5, 5.41) is 3.14. The zero-order valence-corrected chi connectivity index (χ0v) is 14.9. The van der Waals surface area contributed by atoms with Crippen LogP contribution in [0.25, 0.3) is 0 Å². The van der Waals surface area contributed by atoms with Crippen LogP contribution < -0.4 is 5.32 Å². The van der Waals surface area contributed by atoms with Crippen LogP contribution in [0.15, 0.2) is 29.2 Å². The summed E-state index contributed by atoms with van der Waals surface area (Å²) in [7, 11) is -3.43. The lowest BCUT2D eigenvalue weighted by Crippen LogP contribution is -2.52. The molecule has 1 amide bonds. The van der Waals surface area contributed by atoms with Gasteiger partial charge >= 0.3 is 0 Å². The number of hydrogen-bond donors (Lipinski definition) is 1. The summed E-state index contributed by atoms with van der Waals surface area (Å²) in [4.78, 5) is 12.5. The first-order chi connectivity index (χ1) is 11.4. The first kappa shape index (κ1) is 16.1. The number of amides is 1. The fourth-order valence-corrected chi connectivity index (χ4v) is 5.60. The van der Waals surface area contributed by atoms with Crippen molar-refractivity contribution in [1.82, 2.24) is 9.62 Å². The zero-order chi connectivity index (χ0) is 17.1. The SMILES string of the molecule is Cc1ccc(S(=O)(=O)N2C[C@H]3C[C@H](NC(=O)[C@@H]4C[C@H]4C)[C@H]3C2)cc1. The number of carbonyl (C=O) groups is 1. The van der Waals surface area contributed by atoms with Gasteiger partial charge in [0.25, 0.3) is 0 Å². The minimum Gasteiger partial charge on any atom is -0.353 e. The van der Waals surface area contributed by atoms with Crippen molar-refractivity contribution in [2.45, 2.75) is 37.6 Å². The molecule has 5 atom stereocenters. The van der Waals surface area contributed by atoms with Gasteiger partial charge in [-0.1, -0.05) is 24.6 Å². The van der Waals surface area contributed by atoms with E-state index in [4.69, 9.17) is 0 Å². The molecule has 0 radical (unpaired) electrons. The predicted molar refractivity (Wildman–Crippen MR) is 90.7 cm³/mol. The van der Waals surface area contributed by atoms with E-state index in [1.165, 1.54) is 0 Å². The van der Waals surface area contributed by atoms with Crippen molar-refractivity contribution in [2.75, 3.05) is 13.1 Å². The maximum atomic E-state index is 12.8. The van der Waals surface area contributed by atoms with Crippen molar-refractivity contribution >= 4 is 15.9 Å². The summed E-state index contributed by atoms with van der Waals surface area (Å²) in [5.41, 5.74) is 1.05. The van der Waals surface area contributed by atoms with Crippen molar-refractivity contribution in [1.29, 1.82) is 0 Å². The Morgan fingerprint density at radius 1 is 1.17 bits per heavy atom. The van der Waals surface area contributed by atoms with Gasteiger partial charge in [0.05, 0.1) is 4.90 Å². The molecule has 3 aliphatic rings. The molecule has 1 heterocycles. The molecular weight excluding hydrogens is 324 g/mol. The number of hydrogen-bond acceptors (Lipinski definition) is 3. The second-order valence-corrected chi connectivity index (χ2v) is 9.67. The molecule has 0 aromatic heterocycles. The largest absolute Gasteiger partial charge is 0.353 e. The molecular formula is C18H24N2O3S. The van der Waals surface area contributed by atoms with Crippen LogP contribution in [0.1, 0.15) is 25.3 Å². The smallest absolute Gasteiger partial charge is 0.243 e. The van der Waals surface area contributed by atoms with Gasteiger partial charge in [-0.3, -0.25) is 4.79 Å². The molecule has 0 spiro atoms. The van der Waals surface area contributed by atoms with Gasteiger partial charge in [-0.2, -0.15) is 4.31 Å². The Morgan fingerprint density at radius 3 is 2.46 bits per heavy atom. The number of fused-ring (bicyclic) bond motifs is 1. The summed E-state index contributed by atoms with van der Waals surface area (Å²) in [6.45, 7) is 5.14. The molecule has 1 aromatic rings. The van der Waals surface area contributed by atoms with Gasteiger partial charge in [-0.25, -0.2) is 8.42 Å². The number of benzene rings is 1. The van der Waals surface area contributed by atoms with E-state index in [0.29, 0.717) is 29.8 Å². The van der Waals surface area contributed by atoms with Crippen LogP contribution >= 0.6 is 0 Å². The van der Waals surface area contributed by atoms with E-state index in [2.05, 4.69) is 12.2 Å². The third-order valence-electron chi connectivity index (χ3n) is 5.96. The molecule has 2 aliphatic carbocycles. The molecule has 5 nitrogen and oxygen atoms in total. The molecule has 130 valence electrons. The summed E-state index contributed by atoms with van der Waals surface area (Å²) in [5.74, 6) is 1.49. The van der Waals surface area contributed by atoms with Crippen LogP contribution in [0, 0.1) is 30.6 Å². The average Bonchev–Trinajstić information content (AvgIpc) is 3.15. The average molecular weight is 348 g/mol. The molecule has 1 N–H and O–H groups in total. The monoisotopic (exact) mass is 348 g/mol. The van der Waals surface area contributed by atoms with Gasteiger partial charge in [-0.05, 0) is 49.7 Å². The lowest BCUT2D eigenvalue weighted by molar-refractivity contribution is -0.124. The van der Waals surface area contributed by atoms with Crippen LogP contribution in [-0.4, -0.2) is 37.8 Å². The van der Waals surface area contributed by atoms with Crippen LogP contribution in [0.5, 0.6) is 0 Å². The van der Waals surface area contributed by atoms with Crippen molar-refractivity contribution in [3.8, 4) is 0 Å². The van der Waals surface area contributed by atoms with E-state index in [1.54, 1.807) is 16.4 Å². The number of aryl methyl sites for hydroxylation is 1. The summed E-state index contributed by atoms with van der Waals surface area (Å²) >= 11 is 0. The highest BCUT2D eigenvalue weighted by atomic mass is 32.2. The van der Waals surface area contributed by atoms with Crippen molar-refractivity contribution in [2.24, 2.45) is 23.7 Å². The Morgan fingerprint density at radius 2 is 1.83 bits per heavy atom. The third kappa shape index (κ3) is 2.65. The Bertz CT molecular complexity index is 759. The van der Waals surface area contributed by atoms with Gasteiger partial charge in [0, 0.05) is 25.0 Å². The molecule has 3 fully saturated rings. The predicted octanol–water partition coefficient (Wildman–Crippen LogP) is 1.78. The molecule has 0 unspecified atom stereocenters. The number of carbonyl (C=O) groups excluding carboxylic acids is 1. The Kier molecular flexibility index (Phi) is 3.73. The van der Waals surface area contributed by atoms with Gasteiger partial charge in [0.15, 0.2) is 0 Å². The van der Waals surface area contributed by atoms with Crippen molar-refractivity contribution in [3.63, 3.8) is 0 Å². The van der Waals surface area contributed by atoms with Crippen LogP contribution in [0.2, 0.25) is 0 Å². The molecule has 6 heteroatoms. The zero-order valence-electron chi connectivity index (χ0n) is 14.1. The minimum absolute atomic E-state index is 0.147. The van der Waals surface area contributed by atoms with E-state index < -0.39 is 10.0 Å². The van der Waals surface area contributed by atoms with E-state index in [1.807, 2.05) is 19.1 Å². The summed E-state index contributed by atoms with van der Waals surface area (Å²) in [6.07, 6.45) is 1.89. The normalized spacial score (nSPS) is 35.2. The third-order valence-corrected chi connectivity index (χ3v) is 7.81. The van der Waals surface area contributed by atoms with E-state index in [-0.39, 0.29) is 23.8 Å². The first-order valence-electron chi connectivity index (χ1n) is 8.73. The number of rotatable bonds is 4. The molecule has 24 heavy (non-hydrogen) atoms. The molecule has 1 aliphatic heterocycles. The lowest BCUT2D eigenvalue weighted by Gasteiger charge is -2.39. The number of sulfonamides is 1. The molecule has 1 aromatic carbocycles. The maximum absolute atomic E-state index is 12.8. The first-order valence-corrected chi connectivity index (χ1v) is 10.2. The van der Waals surface area contributed by atoms with Crippen LogP contribution in [0.3, 0.4) is 0 Å². The van der Waals surface area contributed by atoms with Gasteiger partial charge in [-0.15, -0.1) is 0 Å². The minimum atomic E-state index is -3.43. The van der Waals surface area contributed by atoms with E-state index >= 15 is 0 Å². The summed E-state index contributed by atoms with van der Waals surface area (Å²) in [6, 6.07) is 7.17. The standard InChI is InChI=1S/C18H24N2O3S/c1-11-3-5-14(6-4-11)24(22,23)20-9-13-8-17(16(13)10-20)19-18(21)15-7-12(15)2/h3-6,12-13,15-17H,7-10H2,1-2H3,(H,19,21)/t12-,13-,15-,16+,17+/m1/s1. The van der Waals surface area contributed by atoms with Crippen LogP contribution in [0.4, 0.5) is 0 Å². The maximum Gasteiger partial charge on any atom is 0.243 e. The van der Waals surface area contributed by atoms with Gasteiger partial charge in [0.1, 0.15) is 0 Å². The highest BCUT2D eigenvalue weighted by Gasteiger charge is 2.51. The van der Waals surface area contributed by atoms with E-state index in [9.17, 15) is 13.2 Å². The molecule has 4 rings (SSSR count). The number of nitrogens with zero attached hydrogens (tertiary/aromatic N) is 1. The van der Waals surface area contributed by atoms with Gasteiger partial charge in [0.2, 0.25) is 15.9 Å². The van der Waals surface area contributed by atoms with Crippen LogP contribution in [-0.2, 0) is 14.8 Å². The Hall–Kier alpha value is -1.40. The highest BCUT2D eigenvalue weighted by molar-refractivity contribution is 7.89. The second-order valence-electron chi connectivity index (χ2n) is 7.73. The fraction of sp³-hybridized carbons (Fsp3) is 0.611. The van der Waals surface area contributed by atoms with Crippen molar-refractivity contribution < 1.29 is 13.2 Å². The highest BCUT2D eigenvalue weighted by Crippen LogP contribution is 2.44. The summed E-state index contributed by atoms with van der Waals surface area (Å²) < 4.78 is 27.2. The Labute approximate surface area is 143 Å². The molecule has 1 saturated heterocycles.